The Hall–Kier alpha value is -0.700. The maximum atomic E-state index is 9.29. The third kappa shape index (κ3) is 2.91. The van der Waals surface area contributed by atoms with Crippen LogP contribution in [0.25, 0.3) is 0 Å². The lowest BCUT2D eigenvalue weighted by Gasteiger charge is -2.36. The van der Waals surface area contributed by atoms with Crippen LogP contribution < -0.4 is 0 Å². The van der Waals surface area contributed by atoms with Crippen molar-refractivity contribution in [2.75, 3.05) is 19.3 Å². The number of aromatic nitrogens is 2. The molecule has 1 aliphatic heterocycles. The van der Waals surface area contributed by atoms with Gasteiger partial charge in [0.15, 0.2) is 0 Å². The average molecular weight is 299 g/mol. The highest BCUT2D eigenvalue weighted by Gasteiger charge is 2.34. The zero-order chi connectivity index (χ0) is 14.0. The van der Waals surface area contributed by atoms with Crippen molar-refractivity contribution in [3.63, 3.8) is 0 Å². The molecule has 104 valence electrons. The first-order chi connectivity index (χ1) is 9.01. The van der Waals surface area contributed by atoms with E-state index in [1.807, 2.05) is 20.2 Å². The van der Waals surface area contributed by atoms with Gasteiger partial charge >= 0.3 is 0 Å². The van der Waals surface area contributed by atoms with Gasteiger partial charge in [-0.2, -0.15) is 10.4 Å². The Labute approximate surface area is 123 Å². The first kappa shape index (κ1) is 14.7. The molecule has 0 atom stereocenters. The van der Waals surface area contributed by atoms with Crippen LogP contribution in [-0.4, -0.2) is 38.8 Å². The molecule has 4 nitrogen and oxygen atoms in total. The molecule has 1 aromatic rings. The molecule has 2 heterocycles. The largest absolute Gasteiger partial charge is 0.299 e. The minimum absolute atomic E-state index is 0.190. The second kappa shape index (κ2) is 5.74. The van der Waals surface area contributed by atoms with Crippen molar-refractivity contribution in [3.05, 3.63) is 16.4 Å². The Bertz CT molecular complexity index is 497. The number of hydrogen-bond donors (Lipinski definition) is 0. The summed E-state index contributed by atoms with van der Waals surface area (Å²) in [6.45, 7) is 4.71. The molecule has 0 aromatic carbocycles. The Kier molecular flexibility index (Phi) is 4.44. The van der Waals surface area contributed by atoms with E-state index >= 15 is 0 Å². The number of nitrogens with zero attached hydrogens (tertiary/aromatic N) is 4. The molecule has 0 saturated carbocycles. The van der Waals surface area contributed by atoms with Crippen LogP contribution in [0.5, 0.6) is 0 Å². The molecule has 0 bridgehead atoms. The number of thioether (sulfide) groups is 1. The molecule has 1 fully saturated rings. The number of rotatable bonds is 3. The molecule has 0 radical (unpaired) electrons. The Morgan fingerprint density at radius 3 is 2.53 bits per heavy atom. The molecule has 1 aromatic heterocycles. The quantitative estimate of drug-likeness (QED) is 0.860. The number of aryl methyl sites for hydroxylation is 2. The molecule has 0 amide bonds. The minimum Gasteiger partial charge on any atom is -0.299 e. The molecular weight excluding hydrogens is 280 g/mol. The van der Waals surface area contributed by atoms with Crippen molar-refractivity contribution in [1.82, 2.24) is 14.7 Å². The van der Waals surface area contributed by atoms with Gasteiger partial charge in [0, 0.05) is 32.2 Å². The first-order valence-electron chi connectivity index (χ1n) is 6.38. The van der Waals surface area contributed by atoms with Gasteiger partial charge in [-0.3, -0.25) is 9.58 Å². The van der Waals surface area contributed by atoms with E-state index in [4.69, 9.17) is 11.6 Å². The van der Waals surface area contributed by atoms with Crippen LogP contribution in [-0.2, 0) is 13.6 Å². The molecule has 0 N–H and O–H groups in total. The summed E-state index contributed by atoms with van der Waals surface area (Å²) in [4.78, 5) is 2.36. The number of likely N-dealkylation sites (tertiary alicyclic amines) is 1. The highest BCUT2D eigenvalue weighted by atomic mass is 35.5. The van der Waals surface area contributed by atoms with Crippen LogP contribution in [0.1, 0.15) is 24.1 Å². The van der Waals surface area contributed by atoms with Gasteiger partial charge < -0.3 is 0 Å². The normalized spacial score (nSPS) is 19.3. The lowest BCUT2D eigenvalue weighted by atomic mass is 9.97. The van der Waals surface area contributed by atoms with E-state index in [0.29, 0.717) is 0 Å². The van der Waals surface area contributed by atoms with E-state index in [-0.39, 0.29) is 4.75 Å². The summed E-state index contributed by atoms with van der Waals surface area (Å²) in [6.07, 6.45) is 3.87. The van der Waals surface area contributed by atoms with Crippen LogP contribution in [0.2, 0.25) is 5.15 Å². The van der Waals surface area contributed by atoms with Gasteiger partial charge in [0.05, 0.1) is 11.8 Å². The lowest BCUT2D eigenvalue weighted by Crippen LogP contribution is -2.41. The van der Waals surface area contributed by atoms with Crippen LogP contribution in [0.15, 0.2) is 0 Å². The molecule has 0 aliphatic carbocycles. The van der Waals surface area contributed by atoms with Crippen LogP contribution in [0.3, 0.4) is 0 Å². The van der Waals surface area contributed by atoms with E-state index in [0.717, 1.165) is 48.9 Å². The van der Waals surface area contributed by atoms with Gasteiger partial charge in [-0.1, -0.05) is 11.6 Å². The maximum absolute atomic E-state index is 9.29. The fourth-order valence-electron chi connectivity index (χ4n) is 2.51. The molecule has 2 rings (SSSR count). The third-order valence-corrected chi connectivity index (χ3v) is 5.66. The van der Waals surface area contributed by atoms with Crippen molar-refractivity contribution in [1.29, 1.82) is 5.26 Å². The summed E-state index contributed by atoms with van der Waals surface area (Å²) >= 11 is 7.94. The zero-order valence-electron chi connectivity index (χ0n) is 11.6. The zero-order valence-corrected chi connectivity index (χ0v) is 13.2. The summed E-state index contributed by atoms with van der Waals surface area (Å²) in [7, 11) is 1.86. The predicted molar refractivity (Wildman–Crippen MR) is 79.3 cm³/mol. The molecule has 0 spiro atoms. The number of halogens is 1. The Morgan fingerprint density at radius 2 is 2.11 bits per heavy atom. The van der Waals surface area contributed by atoms with Crippen molar-refractivity contribution >= 4 is 23.4 Å². The molecular formula is C13H19ClN4S. The van der Waals surface area contributed by atoms with Crippen molar-refractivity contribution in [3.8, 4) is 6.07 Å². The van der Waals surface area contributed by atoms with Crippen LogP contribution in [0, 0.1) is 18.3 Å². The number of piperidine rings is 1. The van der Waals surface area contributed by atoms with Crippen molar-refractivity contribution in [2.24, 2.45) is 7.05 Å². The molecule has 6 heteroatoms. The lowest BCUT2D eigenvalue weighted by molar-refractivity contribution is 0.209. The summed E-state index contributed by atoms with van der Waals surface area (Å²) in [6, 6.07) is 2.47. The van der Waals surface area contributed by atoms with E-state index in [1.165, 1.54) is 0 Å². The van der Waals surface area contributed by atoms with E-state index in [1.54, 1.807) is 16.4 Å². The second-order valence-electron chi connectivity index (χ2n) is 5.06. The average Bonchev–Trinajstić information content (AvgIpc) is 2.66. The van der Waals surface area contributed by atoms with Crippen LogP contribution >= 0.6 is 23.4 Å². The van der Waals surface area contributed by atoms with E-state index < -0.39 is 0 Å². The summed E-state index contributed by atoms with van der Waals surface area (Å²) in [5.41, 5.74) is 2.10. The Balaban J connectivity index is 2.02. The van der Waals surface area contributed by atoms with Gasteiger partial charge in [-0.25, -0.2) is 0 Å². The Morgan fingerprint density at radius 1 is 1.47 bits per heavy atom. The summed E-state index contributed by atoms with van der Waals surface area (Å²) in [5, 5.41) is 14.3. The topological polar surface area (TPSA) is 44.9 Å². The monoisotopic (exact) mass is 298 g/mol. The van der Waals surface area contributed by atoms with Crippen LogP contribution in [0.4, 0.5) is 0 Å². The number of nitriles is 1. The third-order valence-electron chi connectivity index (χ3n) is 3.91. The smallest absolute Gasteiger partial charge is 0.131 e. The first-order valence-corrected chi connectivity index (χ1v) is 7.98. The highest BCUT2D eigenvalue weighted by molar-refractivity contribution is 8.00. The van der Waals surface area contributed by atoms with E-state index in [2.05, 4.69) is 16.1 Å². The fourth-order valence-corrected chi connectivity index (χ4v) is 3.43. The second-order valence-corrected chi connectivity index (χ2v) is 6.61. The van der Waals surface area contributed by atoms with Gasteiger partial charge in [0.1, 0.15) is 9.90 Å². The minimum atomic E-state index is -0.190. The van der Waals surface area contributed by atoms with Crippen molar-refractivity contribution in [2.45, 2.75) is 31.1 Å². The molecule has 1 aliphatic rings. The molecule has 19 heavy (non-hydrogen) atoms. The SMILES string of the molecule is CSC1(C#N)CCN(Cc2c(C)nn(C)c2Cl)CC1. The number of hydrogen-bond acceptors (Lipinski definition) is 4. The summed E-state index contributed by atoms with van der Waals surface area (Å²) in [5.74, 6) is 0. The highest BCUT2D eigenvalue weighted by Crippen LogP contribution is 2.34. The molecule has 1 saturated heterocycles. The standard InChI is InChI=1S/C13H19ClN4S/c1-10-11(12(14)17(2)16-10)8-18-6-4-13(9-15,19-3)5-7-18/h4-8H2,1-3H3. The maximum Gasteiger partial charge on any atom is 0.131 e. The van der Waals surface area contributed by atoms with E-state index in [9.17, 15) is 5.26 Å². The van der Waals surface area contributed by atoms with Gasteiger partial charge in [-0.15, -0.1) is 11.8 Å². The summed E-state index contributed by atoms with van der Waals surface area (Å²) < 4.78 is 1.53. The van der Waals surface area contributed by atoms with Crippen molar-refractivity contribution < 1.29 is 0 Å². The predicted octanol–water partition coefficient (Wildman–Crippen LogP) is 2.60. The fraction of sp³-hybridized carbons (Fsp3) is 0.692. The van der Waals surface area contributed by atoms with Gasteiger partial charge in [0.25, 0.3) is 0 Å². The molecule has 0 unspecified atom stereocenters. The van der Waals surface area contributed by atoms with Gasteiger partial charge in [0.2, 0.25) is 0 Å². The van der Waals surface area contributed by atoms with Gasteiger partial charge in [-0.05, 0) is 26.0 Å².